The summed E-state index contributed by atoms with van der Waals surface area (Å²) in [7, 11) is 0. The molecule has 0 aliphatic carbocycles. The number of ether oxygens (including phenoxy) is 2. The normalized spacial score (nSPS) is 19.8. The third-order valence-electron chi connectivity index (χ3n) is 2.75. The highest BCUT2D eigenvalue weighted by Gasteiger charge is 2.15. The van der Waals surface area contributed by atoms with Gasteiger partial charge in [-0.1, -0.05) is 0 Å². The van der Waals surface area contributed by atoms with E-state index in [9.17, 15) is 0 Å². The number of nitrogens with two attached hydrogens (primary N) is 1. The van der Waals surface area contributed by atoms with Crippen LogP contribution in [0.2, 0.25) is 0 Å². The number of pyridine rings is 1. The fraction of sp³-hybridized carbons (Fsp3) is 0.615. The number of nitrogens with zero attached hydrogens (tertiary/aromatic N) is 1. The van der Waals surface area contributed by atoms with Crippen molar-refractivity contribution in [2.75, 3.05) is 24.3 Å². The van der Waals surface area contributed by atoms with E-state index in [-0.39, 0.29) is 6.10 Å². The van der Waals surface area contributed by atoms with E-state index >= 15 is 0 Å². The van der Waals surface area contributed by atoms with Crippen molar-refractivity contribution in [2.45, 2.75) is 38.8 Å². The van der Waals surface area contributed by atoms with Crippen molar-refractivity contribution in [3.05, 3.63) is 12.1 Å². The molecule has 3 N–H and O–H groups in total. The second kappa shape index (κ2) is 5.91. The Hall–Kier alpha value is -1.49. The summed E-state index contributed by atoms with van der Waals surface area (Å²) in [6, 6.07) is 4.01. The predicted octanol–water partition coefficient (Wildman–Crippen LogP) is 2.04. The molecule has 0 aromatic carbocycles. The quantitative estimate of drug-likeness (QED) is 0.857. The molecule has 1 saturated heterocycles. The third kappa shape index (κ3) is 3.50. The largest absolute Gasteiger partial charge is 0.473 e. The van der Waals surface area contributed by atoms with Gasteiger partial charge in [-0.2, -0.15) is 4.98 Å². The molecule has 1 fully saturated rings. The lowest BCUT2D eigenvalue weighted by atomic mass is 10.1. The molecule has 1 unspecified atom stereocenters. The average molecular weight is 251 g/mol. The van der Waals surface area contributed by atoms with E-state index < -0.39 is 0 Å². The first-order valence-corrected chi connectivity index (χ1v) is 6.42. The molecule has 0 amide bonds. The van der Waals surface area contributed by atoms with Crippen LogP contribution >= 0.6 is 0 Å². The molecule has 1 aliphatic rings. The van der Waals surface area contributed by atoms with Crippen LogP contribution in [0.25, 0.3) is 0 Å². The Morgan fingerprint density at radius 2 is 2.33 bits per heavy atom. The smallest absolute Gasteiger partial charge is 0.239 e. The highest BCUT2D eigenvalue weighted by atomic mass is 16.5. The minimum absolute atomic E-state index is 0.0630. The maximum atomic E-state index is 5.83. The fourth-order valence-electron chi connectivity index (χ4n) is 1.91. The molecule has 2 heterocycles. The van der Waals surface area contributed by atoms with Crippen LogP contribution < -0.4 is 15.8 Å². The lowest BCUT2D eigenvalue weighted by molar-refractivity contribution is 0.0875. The monoisotopic (exact) mass is 251 g/mol. The van der Waals surface area contributed by atoms with Crippen molar-refractivity contribution in [2.24, 2.45) is 0 Å². The van der Waals surface area contributed by atoms with E-state index in [1.165, 1.54) is 0 Å². The van der Waals surface area contributed by atoms with E-state index in [1.807, 2.05) is 26.0 Å². The lowest BCUT2D eigenvalue weighted by Crippen LogP contribution is -2.30. The summed E-state index contributed by atoms with van der Waals surface area (Å²) in [6.45, 7) is 5.49. The standard InChI is InChI=1S/C13H21N3O2/c1-9(2)18-13-11(14)5-6-12(16-13)15-10-4-3-7-17-8-10/h5-6,9-10H,3-4,7-8,14H2,1-2H3,(H,15,16). The van der Waals surface area contributed by atoms with E-state index in [4.69, 9.17) is 15.2 Å². The zero-order valence-electron chi connectivity index (χ0n) is 11.0. The van der Waals surface area contributed by atoms with E-state index in [0.29, 0.717) is 17.6 Å². The summed E-state index contributed by atoms with van der Waals surface area (Å²) in [5, 5.41) is 3.35. The van der Waals surface area contributed by atoms with Gasteiger partial charge in [-0.05, 0) is 38.8 Å². The number of hydrogen-bond acceptors (Lipinski definition) is 5. The Kier molecular flexibility index (Phi) is 4.25. The molecule has 1 aromatic rings. The SMILES string of the molecule is CC(C)Oc1nc(NC2CCCOC2)ccc1N. The van der Waals surface area contributed by atoms with Crippen molar-refractivity contribution in [1.82, 2.24) is 4.98 Å². The van der Waals surface area contributed by atoms with Crippen LogP contribution in [-0.4, -0.2) is 30.3 Å². The number of aromatic nitrogens is 1. The molecule has 0 radical (unpaired) electrons. The average Bonchev–Trinajstić information content (AvgIpc) is 2.34. The van der Waals surface area contributed by atoms with Crippen molar-refractivity contribution in [3.63, 3.8) is 0 Å². The van der Waals surface area contributed by atoms with E-state index in [1.54, 1.807) is 0 Å². The summed E-state index contributed by atoms with van der Waals surface area (Å²) in [5.74, 6) is 1.28. The van der Waals surface area contributed by atoms with Crippen molar-refractivity contribution < 1.29 is 9.47 Å². The van der Waals surface area contributed by atoms with Crippen LogP contribution in [-0.2, 0) is 4.74 Å². The Morgan fingerprint density at radius 3 is 3.00 bits per heavy atom. The molecule has 0 bridgehead atoms. The van der Waals surface area contributed by atoms with Gasteiger partial charge < -0.3 is 20.5 Å². The Morgan fingerprint density at radius 1 is 1.50 bits per heavy atom. The van der Waals surface area contributed by atoms with Gasteiger partial charge >= 0.3 is 0 Å². The van der Waals surface area contributed by atoms with Gasteiger partial charge in [0.2, 0.25) is 5.88 Å². The Labute approximate surface area is 108 Å². The molecule has 0 spiro atoms. The molecule has 1 aliphatic heterocycles. The molecular formula is C13H21N3O2. The van der Waals surface area contributed by atoms with Crippen molar-refractivity contribution in [1.29, 1.82) is 0 Å². The van der Waals surface area contributed by atoms with Gasteiger partial charge in [-0.3, -0.25) is 0 Å². The van der Waals surface area contributed by atoms with Crippen LogP contribution in [0.15, 0.2) is 12.1 Å². The minimum atomic E-state index is 0.0630. The predicted molar refractivity (Wildman–Crippen MR) is 71.9 cm³/mol. The first-order valence-electron chi connectivity index (χ1n) is 6.42. The van der Waals surface area contributed by atoms with Crippen LogP contribution in [0.3, 0.4) is 0 Å². The molecule has 100 valence electrons. The Balaban J connectivity index is 2.03. The first kappa shape index (κ1) is 13.0. The van der Waals surface area contributed by atoms with Crippen LogP contribution in [0.5, 0.6) is 5.88 Å². The summed E-state index contributed by atoms with van der Waals surface area (Å²) in [4.78, 5) is 4.39. The van der Waals surface area contributed by atoms with Gasteiger partial charge in [-0.25, -0.2) is 0 Å². The fourth-order valence-corrected chi connectivity index (χ4v) is 1.91. The van der Waals surface area contributed by atoms with Crippen molar-refractivity contribution >= 4 is 11.5 Å². The summed E-state index contributed by atoms with van der Waals surface area (Å²) >= 11 is 0. The number of anilines is 2. The van der Waals surface area contributed by atoms with Gasteiger partial charge in [0.25, 0.3) is 0 Å². The van der Waals surface area contributed by atoms with Gasteiger partial charge in [-0.15, -0.1) is 0 Å². The molecular weight excluding hydrogens is 230 g/mol. The van der Waals surface area contributed by atoms with Crippen molar-refractivity contribution in [3.8, 4) is 5.88 Å². The van der Waals surface area contributed by atoms with E-state index in [0.717, 1.165) is 31.9 Å². The number of hydrogen-bond donors (Lipinski definition) is 2. The molecule has 2 rings (SSSR count). The topological polar surface area (TPSA) is 69.4 Å². The highest BCUT2D eigenvalue weighted by Crippen LogP contribution is 2.23. The second-order valence-electron chi connectivity index (χ2n) is 4.82. The molecule has 5 nitrogen and oxygen atoms in total. The summed E-state index contributed by atoms with van der Waals surface area (Å²) < 4.78 is 11.0. The van der Waals surface area contributed by atoms with Gasteiger partial charge in [0.1, 0.15) is 5.82 Å². The van der Waals surface area contributed by atoms with Crippen LogP contribution in [0, 0.1) is 0 Å². The maximum absolute atomic E-state index is 5.83. The maximum Gasteiger partial charge on any atom is 0.239 e. The second-order valence-corrected chi connectivity index (χ2v) is 4.82. The zero-order valence-corrected chi connectivity index (χ0v) is 11.0. The zero-order chi connectivity index (χ0) is 13.0. The van der Waals surface area contributed by atoms with Gasteiger partial charge in [0.05, 0.1) is 24.4 Å². The number of nitrogens with one attached hydrogen (secondary N) is 1. The van der Waals surface area contributed by atoms with Crippen LogP contribution in [0.1, 0.15) is 26.7 Å². The van der Waals surface area contributed by atoms with Crippen LogP contribution in [0.4, 0.5) is 11.5 Å². The number of rotatable bonds is 4. The Bertz CT molecular complexity index is 390. The summed E-state index contributed by atoms with van der Waals surface area (Å²) in [6.07, 6.45) is 2.25. The molecule has 1 atom stereocenters. The lowest BCUT2D eigenvalue weighted by Gasteiger charge is -2.24. The number of nitrogen functional groups attached to an aromatic ring is 1. The first-order chi connectivity index (χ1) is 8.65. The highest BCUT2D eigenvalue weighted by molar-refractivity contribution is 5.53. The van der Waals surface area contributed by atoms with E-state index in [2.05, 4.69) is 10.3 Å². The molecule has 5 heteroatoms. The van der Waals surface area contributed by atoms with Gasteiger partial charge in [0, 0.05) is 6.61 Å². The molecule has 0 saturated carbocycles. The van der Waals surface area contributed by atoms with Gasteiger partial charge in [0.15, 0.2) is 0 Å². The molecule has 1 aromatic heterocycles. The third-order valence-corrected chi connectivity index (χ3v) is 2.75. The minimum Gasteiger partial charge on any atom is -0.473 e. The summed E-state index contributed by atoms with van der Waals surface area (Å²) in [5.41, 5.74) is 6.39. The molecule has 18 heavy (non-hydrogen) atoms.